The number of thioether (sulfide) groups is 1. The Kier molecular flexibility index (Phi) is 10.8. The number of nitrogens with zero attached hydrogens (tertiary/aromatic N) is 1. The zero-order valence-electron chi connectivity index (χ0n) is 16.0. The van der Waals surface area contributed by atoms with E-state index in [1.54, 1.807) is 30.0 Å². The zero-order chi connectivity index (χ0) is 19.6. The molecule has 1 heterocycles. The highest BCUT2D eigenvalue weighted by molar-refractivity contribution is 7.98. The molecular formula is C17H31N3O3S3. The SMILES string of the molecule is CCN(CC)C(CNC(=O)C(CCSC)NS(=O)(=O)CC)c1ccsc1. The molecule has 0 saturated heterocycles. The maximum absolute atomic E-state index is 12.7. The molecule has 2 N–H and O–H groups in total. The average molecular weight is 422 g/mol. The molecule has 6 nitrogen and oxygen atoms in total. The molecule has 2 atom stereocenters. The molecule has 1 aromatic rings. The Balaban J connectivity index is 2.81. The Morgan fingerprint density at radius 3 is 2.50 bits per heavy atom. The molecule has 0 saturated carbocycles. The van der Waals surface area contributed by atoms with Crippen molar-refractivity contribution in [3.05, 3.63) is 22.4 Å². The minimum atomic E-state index is -3.43. The fourth-order valence-corrected chi connectivity index (χ4v) is 4.69. The molecule has 0 spiro atoms. The van der Waals surface area contributed by atoms with Crippen molar-refractivity contribution < 1.29 is 13.2 Å². The van der Waals surface area contributed by atoms with Crippen LogP contribution in [0.4, 0.5) is 0 Å². The van der Waals surface area contributed by atoms with Crippen LogP contribution in [0.25, 0.3) is 0 Å². The van der Waals surface area contributed by atoms with Crippen LogP contribution in [0.15, 0.2) is 16.8 Å². The Labute approximate surface area is 166 Å². The minimum absolute atomic E-state index is 0.0347. The van der Waals surface area contributed by atoms with Crippen LogP contribution in [-0.4, -0.2) is 62.7 Å². The smallest absolute Gasteiger partial charge is 0.238 e. The first-order chi connectivity index (χ1) is 12.4. The van der Waals surface area contributed by atoms with Crippen LogP contribution >= 0.6 is 23.1 Å². The van der Waals surface area contributed by atoms with Crippen LogP contribution in [0.1, 0.15) is 38.8 Å². The lowest BCUT2D eigenvalue weighted by Crippen LogP contribution is -2.49. The van der Waals surface area contributed by atoms with Crippen molar-refractivity contribution in [2.45, 2.75) is 39.3 Å². The number of thiophene rings is 1. The molecule has 150 valence electrons. The van der Waals surface area contributed by atoms with Gasteiger partial charge >= 0.3 is 0 Å². The number of hydrogen-bond acceptors (Lipinski definition) is 6. The molecule has 1 rings (SSSR count). The van der Waals surface area contributed by atoms with Gasteiger partial charge in [0.1, 0.15) is 6.04 Å². The van der Waals surface area contributed by atoms with Gasteiger partial charge in [-0.25, -0.2) is 13.1 Å². The molecule has 0 bridgehead atoms. The summed E-state index contributed by atoms with van der Waals surface area (Å²) in [5.41, 5.74) is 1.17. The van der Waals surface area contributed by atoms with Crippen LogP contribution in [0.3, 0.4) is 0 Å². The molecule has 0 aromatic carbocycles. The lowest BCUT2D eigenvalue weighted by atomic mass is 10.1. The topological polar surface area (TPSA) is 78.5 Å². The predicted molar refractivity (Wildman–Crippen MR) is 112 cm³/mol. The van der Waals surface area contributed by atoms with Crippen molar-refractivity contribution in [2.75, 3.05) is 37.4 Å². The first-order valence-electron chi connectivity index (χ1n) is 8.91. The Bertz CT molecular complexity index is 616. The molecule has 0 aliphatic rings. The van der Waals surface area contributed by atoms with Gasteiger partial charge in [-0.3, -0.25) is 9.69 Å². The second-order valence-corrected chi connectivity index (χ2v) is 9.70. The van der Waals surface area contributed by atoms with Gasteiger partial charge in [0.15, 0.2) is 0 Å². The van der Waals surface area contributed by atoms with Gasteiger partial charge in [0.25, 0.3) is 0 Å². The van der Waals surface area contributed by atoms with Crippen molar-refractivity contribution in [2.24, 2.45) is 0 Å². The van der Waals surface area contributed by atoms with Crippen molar-refractivity contribution in [1.82, 2.24) is 14.9 Å². The third-order valence-electron chi connectivity index (χ3n) is 4.28. The largest absolute Gasteiger partial charge is 0.353 e. The van der Waals surface area contributed by atoms with E-state index in [2.05, 4.69) is 40.2 Å². The third-order valence-corrected chi connectivity index (χ3v) is 7.03. The summed E-state index contributed by atoms with van der Waals surface area (Å²) in [6.45, 7) is 7.99. The monoisotopic (exact) mass is 421 g/mol. The van der Waals surface area contributed by atoms with Crippen molar-refractivity contribution >= 4 is 39.0 Å². The summed E-state index contributed by atoms with van der Waals surface area (Å²) in [5, 5.41) is 7.09. The second-order valence-electron chi connectivity index (χ2n) is 5.89. The Morgan fingerprint density at radius 1 is 1.31 bits per heavy atom. The van der Waals surface area contributed by atoms with E-state index in [4.69, 9.17) is 0 Å². The van der Waals surface area contributed by atoms with Crippen LogP contribution < -0.4 is 10.0 Å². The molecule has 0 aliphatic carbocycles. The fraction of sp³-hybridized carbons (Fsp3) is 0.706. The van der Waals surface area contributed by atoms with E-state index in [0.717, 1.165) is 13.1 Å². The number of carbonyl (C=O) groups excluding carboxylic acids is 1. The molecule has 2 unspecified atom stereocenters. The number of likely N-dealkylation sites (N-methyl/N-ethyl adjacent to an activating group) is 1. The maximum Gasteiger partial charge on any atom is 0.238 e. The van der Waals surface area contributed by atoms with E-state index in [1.165, 1.54) is 5.56 Å². The molecular weight excluding hydrogens is 390 g/mol. The lowest BCUT2D eigenvalue weighted by Gasteiger charge is -2.30. The average Bonchev–Trinajstić information content (AvgIpc) is 3.16. The van der Waals surface area contributed by atoms with E-state index in [-0.39, 0.29) is 17.7 Å². The molecule has 1 amide bonds. The summed E-state index contributed by atoms with van der Waals surface area (Å²) in [6, 6.07) is 1.43. The van der Waals surface area contributed by atoms with E-state index in [1.807, 2.05) is 11.6 Å². The standard InChI is InChI=1S/C17H31N3O3S3/c1-5-20(6-2)16(14-8-11-25-13-14)12-18-17(21)15(9-10-24-4)19-26(22,23)7-3/h8,11,13,15-16,19H,5-7,9-10,12H2,1-4H3,(H,18,21). The van der Waals surface area contributed by atoms with Gasteiger partial charge in [0.2, 0.25) is 15.9 Å². The summed E-state index contributed by atoms with van der Waals surface area (Å²) in [4.78, 5) is 14.9. The van der Waals surface area contributed by atoms with E-state index in [9.17, 15) is 13.2 Å². The van der Waals surface area contributed by atoms with E-state index >= 15 is 0 Å². The number of sulfonamides is 1. The Morgan fingerprint density at radius 2 is 2.00 bits per heavy atom. The van der Waals surface area contributed by atoms with Gasteiger partial charge in [0, 0.05) is 6.54 Å². The molecule has 9 heteroatoms. The van der Waals surface area contributed by atoms with Crippen molar-refractivity contribution in [3.63, 3.8) is 0 Å². The van der Waals surface area contributed by atoms with Crippen LogP contribution in [-0.2, 0) is 14.8 Å². The Hall–Kier alpha value is -0.610. The van der Waals surface area contributed by atoms with Crippen molar-refractivity contribution in [1.29, 1.82) is 0 Å². The zero-order valence-corrected chi connectivity index (χ0v) is 18.5. The highest BCUT2D eigenvalue weighted by atomic mass is 32.2. The third kappa shape index (κ3) is 7.56. The summed E-state index contributed by atoms with van der Waals surface area (Å²) in [7, 11) is -3.43. The summed E-state index contributed by atoms with van der Waals surface area (Å²) in [5.74, 6) is 0.421. The molecule has 26 heavy (non-hydrogen) atoms. The predicted octanol–water partition coefficient (Wildman–Crippen LogP) is 2.31. The maximum atomic E-state index is 12.7. The summed E-state index contributed by atoms with van der Waals surface area (Å²) in [6.07, 6.45) is 2.41. The molecule has 0 radical (unpaired) electrons. The normalized spacial score (nSPS) is 14.3. The van der Waals surface area contributed by atoms with Gasteiger partial charge in [-0.15, -0.1) is 0 Å². The molecule has 1 aromatic heterocycles. The number of nitrogens with one attached hydrogen (secondary N) is 2. The molecule has 0 fully saturated rings. The van der Waals surface area contributed by atoms with E-state index in [0.29, 0.717) is 18.7 Å². The highest BCUT2D eigenvalue weighted by Crippen LogP contribution is 2.22. The van der Waals surface area contributed by atoms with Crippen LogP contribution in [0.2, 0.25) is 0 Å². The highest BCUT2D eigenvalue weighted by Gasteiger charge is 2.25. The van der Waals surface area contributed by atoms with Gasteiger partial charge < -0.3 is 5.32 Å². The number of carbonyl (C=O) groups is 1. The van der Waals surface area contributed by atoms with Gasteiger partial charge in [-0.2, -0.15) is 23.1 Å². The number of hydrogen-bond donors (Lipinski definition) is 2. The fourth-order valence-electron chi connectivity index (χ4n) is 2.69. The molecule has 0 aliphatic heterocycles. The van der Waals surface area contributed by atoms with Crippen LogP contribution in [0.5, 0.6) is 0 Å². The van der Waals surface area contributed by atoms with Gasteiger partial charge in [-0.05, 0) is 60.8 Å². The van der Waals surface area contributed by atoms with E-state index < -0.39 is 16.1 Å². The summed E-state index contributed by atoms with van der Waals surface area (Å²) >= 11 is 3.23. The minimum Gasteiger partial charge on any atom is -0.353 e. The number of rotatable bonds is 13. The van der Waals surface area contributed by atoms with Crippen molar-refractivity contribution in [3.8, 4) is 0 Å². The summed E-state index contributed by atoms with van der Waals surface area (Å²) < 4.78 is 26.3. The second kappa shape index (κ2) is 12.0. The lowest BCUT2D eigenvalue weighted by molar-refractivity contribution is -0.123. The quantitative estimate of drug-likeness (QED) is 0.511. The number of amides is 1. The first-order valence-corrected chi connectivity index (χ1v) is 12.9. The van der Waals surface area contributed by atoms with Gasteiger partial charge in [0.05, 0.1) is 11.8 Å². The van der Waals surface area contributed by atoms with Gasteiger partial charge in [-0.1, -0.05) is 13.8 Å². The van der Waals surface area contributed by atoms with Crippen LogP contribution in [0, 0.1) is 0 Å². The first kappa shape index (κ1) is 23.4.